The first kappa shape index (κ1) is 46.0. The number of aliphatic hydroxyl groups is 1. The van der Waals surface area contributed by atoms with Gasteiger partial charge in [-0.2, -0.15) is 0 Å². The average molecular weight is 688 g/mol. The zero-order chi connectivity index (χ0) is 35.1. The van der Waals surface area contributed by atoms with Gasteiger partial charge in [0.15, 0.2) is 0 Å². The summed E-state index contributed by atoms with van der Waals surface area (Å²) in [7, 11) is 1.55. The molecule has 47 heavy (non-hydrogen) atoms. The molecule has 0 spiro atoms. The van der Waals surface area contributed by atoms with Gasteiger partial charge in [0.25, 0.3) is 0 Å². The van der Waals surface area contributed by atoms with Crippen LogP contribution in [0.4, 0.5) is 0 Å². The molecule has 9 heteroatoms. The number of amides is 1. The number of carbonyl (C=O) groups excluding carboxylic acids is 1. The summed E-state index contributed by atoms with van der Waals surface area (Å²) in [4.78, 5) is 22.9. The predicted octanol–water partition coefficient (Wildman–Crippen LogP) is 9.80. The molecule has 278 valence electrons. The quantitative estimate of drug-likeness (QED) is 0.0269. The molecule has 0 bridgehead atoms. The molecule has 0 aliphatic carbocycles. The summed E-state index contributed by atoms with van der Waals surface area (Å²) < 4.78 is 23.4. The topological polar surface area (TPSA) is 105 Å². The molecular weight excluding hydrogens is 611 g/mol. The van der Waals surface area contributed by atoms with Crippen LogP contribution in [0.3, 0.4) is 0 Å². The number of phosphoric ester groups is 1. The molecule has 0 radical (unpaired) electrons. The molecule has 0 heterocycles. The molecule has 3 atom stereocenters. The van der Waals surface area contributed by atoms with Crippen LogP contribution >= 0.6 is 7.82 Å². The molecule has 0 aliphatic rings. The lowest BCUT2D eigenvalue weighted by atomic mass is 10.1. The van der Waals surface area contributed by atoms with E-state index in [2.05, 4.69) is 31.3 Å². The van der Waals surface area contributed by atoms with Crippen molar-refractivity contribution >= 4 is 13.7 Å². The highest BCUT2D eigenvalue weighted by atomic mass is 31.2. The fraction of sp³-hybridized carbons (Fsp3) is 0.868. The molecule has 0 aromatic heterocycles. The fourth-order valence-corrected chi connectivity index (χ4v) is 6.03. The van der Waals surface area contributed by atoms with Crippen LogP contribution in [0.1, 0.15) is 162 Å². The van der Waals surface area contributed by atoms with E-state index in [-0.39, 0.29) is 19.1 Å². The predicted molar refractivity (Wildman–Crippen MR) is 198 cm³/mol. The largest absolute Gasteiger partial charge is 0.472 e. The van der Waals surface area contributed by atoms with Gasteiger partial charge < -0.3 is 19.8 Å². The van der Waals surface area contributed by atoms with Gasteiger partial charge in [0.2, 0.25) is 5.91 Å². The molecule has 0 fully saturated rings. The highest BCUT2D eigenvalue weighted by Crippen LogP contribution is 2.43. The molecule has 0 aromatic carbocycles. The number of likely N-dealkylation sites (N-methyl/N-ethyl adjacent to an activating group) is 1. The molecule has 3 N–H and O–H groups in total. The van der Waals surface area contributed by atoms with E-state index in [1.807, 2.05) is 27.2 Å². The van der Waals surface area contributed by atoms with E-state index in [4.69, 9.17) is 9.05 Å². The lowest BCUT2D eigenvalue weighted by Crippen LogP contribution is -2.45. The Morgan fingerprint density at radius 1 is 0.702 bits per heavy atom. The van der Waals surface area contributed by atoms with Crippen LogP contribution in [0.15, 0.2) is 24.3 Å². The third-order valence-electron chi connectivity index (χ3n) is 8.42. The molecular formula is C38H76N2O6P+. The summed E-state index contributed by atoms with van der Waals surface area (Å²) >= 11 is 0. The van der Waals surface area contributed by atoms with Gasteiger partial charge in [-0.25, -0.2) is 4.57 Å². The molecule has 0 rings (SSSR count). The van der Waals surface area contributed by atoms with Gasteiger partial charge in [-0.05, 0) is 32.1 Å². The second-order valence-corrected chi connectivity index (χ2v) is 15.8. The number of unbranched alkanes of at least 4 members (excludes halogenated alkanes) is 19. The lowest BCUT2D eigenvalue weighted by molar-refractivity contribution is -0.870. The third kappa shape index (κ3) is 33.3. The Balaban J connectivity index is 4.52. The average Bonchev–Trinajstić information content (AvgIpc) is 3.01. The van der Waals surface area contributed by atoms with E-state index in [0.717, 1.165) is 38.5 Å². The number of nitrogens with one attached hydrogen (secondary N) is 1. The second-order valence-electron chi connectivity index (χ2n) is 14.3. The zero-order valence-corrected chi connectivity index (χ0v) is 32.2. The summed E-state index contributed by atoms with van der Waals surface area (Å²) in [6.45, 7) is 4.74. The number of allylic oxidation sites excluding steroid dienone is 3. The number of aliphatic hydroxyl groups excluding tert-OH is 1. The van der Waals surface area contributed by atoms with Crippen molar-refractivity contribution in [1.82, 2.24) is 5.32 Å². The fourth-order valence-electron chi connectivity index (χ4n) is 5.29. The van der Waals surface area contributed by atoms with E-state index in [9.17, 15) is 19.4 Å². The number of hydrogen-bond donors (Lipinski definition) is 3. The molecule has 8 nitrogen and oxygen atoms in total. The smallest absolute Gasteiger partial charge is 0.387 e. The van der Waals surface area contributed by atoms with Gasteiger partial charge >= 0.3 is 7.82 Å². The molecule has 1 amide bonds. The number of rotatable bonds is 34. The van der Waals surface area contributed by atoms with Crippen LogP contribution in [-0.2, 0) is 18.4 Å². The summed E-state index contributed by atoms with van der Waals surface area (Å²) in [6, 6.07) is -0.855. The molecule has 0 saturated carbocycles. The number of quaternary nitrogens is 1. The molecule has 3 unspecified atom stereocenters. The first-order chi connectivity index (χ1) is 22.5. The van der Waals surface area contributed by atoms with Crippen LogP contribution in [-0.4, -0.2) is 73.4 Å². The Hall–Kier alpha value is -1.02. The van der Waals surface area contributed by atoms with E-state index in [1.165, 1.54) is 103 Å². The van der Waals surface area contributed by atoms with E-state index < -0.39 is 20.0 Å². The van der Waals surface area contributed by atoms with Crippen molar-refractivity contribution in [2.24, 2.45) is 0 Å². The maximum absolute atomic E-state index is 12.7. The summed E-state index contributed by atoms with van der Waals surface area (Å²) in [5, 5.41) is 13.7. The normalized spacial score (nSPS) is 15.0. The van der Waals surface area contributed by atoms with E-state index in [1.54, 1.807) is 6.08 Å². The minimum atomic E-state index is -4.33. The van der Waals surface area contributed by atoms with Gasteiger partial charge in [0, 0.05) is 6.42 Å². The van der Waals surface area contributed by atoms with Crippen LogP contribution in [0.5, 0.6) is 0 Å². The molecule has 0 aromatic rings. The molecule has 0 saturated heterocycles. The standard InChI is InChI=1S/C38H75N2O6P/c1-6-8-10-12-14-16-17-18-19-20-21-22-23-24-25-27-29-31-37(41)36(35-46-47(43,44)45-34-33-40(3,4)5)39-38(42)32-30-28-26-15-13-11-9-7-2/h23-24,29,31,36-37,41H,6-22,25-28,30,32-35H2,1-5H3,(H-,39,42,43,44)/p+1/b24-23+,31-29+. The van der Waals surface area contributed by atoms with Gasteiger partial charge in [0.1, 0.15) is 13.2 Å². The first-order valence-electron chi connectivity index (χ1n) is 19.2. The van der Waals surface area contributed by atoms with Crippen molar-refractivity contribution in [3.8, 4) is 0 Å². The van der Waals surface area contributed by atoms with E-state index in [0.29, 0.717) is 17.4 Å². The highest BCUT2D eigenvalue weighted by Gasteiger charge is 2.27. The Labute approximate surface area is 290 Å². The zero-order valence-electron chi connectivity index (χ0n) is 31.3. The van der Waals surface area contributed by atoms with Crippen LogP contribution < -0.4 is 5.32 Å². The minimum absolute atomic E-state index is 0.0575. The number of nitrogens with zero attached hydrogens (tertiary/aromatic N) is 1. The van der Waals surface area contributed by atoms with Crippen molar-refractivity contribution in [3.63, 3.8) is 0 Å². The van der Waals surface area contributed by atoms with Crippen molar-refractivity contribution in [1.29, 1.82) is 0 Å². The van der Waals surface area contributed by atoms with E-state index >= 15 is 0 Å². The Kier molecular flexibility index (Phi) is 30.3. The maximum atomic E-state index is 12.7. The summed E-state index contributed by atoms with van der Waals surface area (Å²) in [5.41, 5.74) is 0. The summed E-state index contributed by atoms with van der Waals surface area (Å²) in [6.07, 6.45) is 34.0. The third-order valence-corrected chi connectivity index (χ3v) is 9.41. The Morgan fingerprint density at radius 3 is 1.70 bits per heavy atom. The van der Waals surface area contributed by atoms with Crippen molar-refractivity contribution < 1.29 is 32.9 Å². The van der Waals surface area contributed by atoms with Gasteiger partial charge in [0.05, 0.1) is 39.9 Å². The van der Waals surface area contributed by atoms with Gasteiger partial charge in [-0.3, -0.25) is 13.8 Å². The SMILES string of the molecule is CCCCCCCCCCCCC/C=C/CC/C=C/C(O)C(COP(=O)(O)OCC[N+](C)(C)C)NC(=O)CCCCCCCCCC. The van der Waals surface area contributed by atoms with Gasteiger partial charge in [-0.15, -0.1) is 0 Å². The van der Waals surface area contributed by atoms with Crippen molar-refractivity contribution in [3.05, 3.63) is 24.3 Å². The molecule has 0 aliphatic heterocycles. The Morgan fingerprint density at radius 2 is 1.17 bits per heavy atom. The maximum Gasteiger partial charge on any atom is 0.472 e. The van der Waals surface area contributed by atoms with Crippen molar-refractivity contribution in [2.45, 2.75) is 174 Å². The second kappa shape index (κ2) is 31.0. The monoisotopic (exact) mass is 688 g/mol. The van der Waals surface area contributed by atoms with Crippen LogP contribution in [0.25, 0.3) is 0 Å². The highest BCUT2D eigenvalue weighted by molar-refractivity contribution is 7.47. The lowest BCUT2D eigenvalue weighted by Gasteiger charge is -2.25. The number of hydrogen-bond acceptors (Lipinski definition) is 5. The van der Waals surface area contributed by atoms with Crippen molar-refractivity contribution in [2.75, 3.05) is 40.9 Å². The van der Waals surface area contributed by atoms with Crippen LogP contribution in [0.2, 0.25) is 0 Å². The van der Waals surface area contributed by atoms with Crippen LogP contribution in [0, 0.1) is 0 Å². The number of phosphoric acid groups is 1. The Bertz CT molecular complexity index is 829. The van der Waals surface area contributed by atoms with Gasteiger partial charge in [-0.1, -0.05) is 147 Å². The minimum Gasteiger partial charge on any atom is -0.387 e. The summed E-state index contributed by atoms with van der Waals surface area (Å²) in [5.74, 6) is -0.193. The number of carbonyl (C=O) groups is 1. The first-order valence-corrected chi connectivity index (χ1v) is 20.7.